The molecule has 0 aromatic heterocycles. The van der Waals surface area contributed by atoms with Gasteiger partial charge in [0.15, 0.2) is 6.61 Å². The molecule has 0 saturated heterocycles. The Morgan fingerprint density at radius 3 is 2.55 bits per heavy atom. The first-order valence-corrected chi connectivity index (χ1v) is 8.23. The maximum absolute atomic E-state index is 12.1. The lowest BCUT2D eigenvalue weighted by Gasteiger charge is -2.16. The van der Waals surface area contributed by atoms with Gasteiger partial charge in [0.05, 0.1) is 0 Å². The number of carbonyl (C=O) groups excluding carboxylic acids is 1. The van der Waals surface area contributed by atoms with Crippen LogP contribution >= 0.6 is 0 Å². The number of rotatable bonds is 4. The summed E-state index contributed by atoms with van der Waals surface area (Å²) >= 11 is 0. The van der Waals surface area contributed by atoms with Crippen LogP contribution in [0.5, 0.6) is 5.75 Å². The Hall–Kier alpha value is -2.03. The van der Waals surface area contributed by atoms with Crippen molar-refractivity contribution in [3.8, 4) is 5.75 Å². The van der Waals surface area contributed by atoms with Gasteiger partial charge in [0.2, 0.25) is 0 Å². The van der Waals surface area contributed by atoms with Crippen LogP contribution in [0.1, 0.15) is 38.5 Å². The molecule has 0 aliphatic heterocycles. The number of hydrogen-bond donors (Lipinski definition) is 1. The van der Waals surface area contributed by atoms with Crippen molar-refractivity contribution < 1.29 is 9.53 Å². The number of amides is 1. The quantitative estimate of drug-likeness (QED) is 0.864. The van der Waals surface area contributed by atoms with Gasteiger partial charge in [0.25, 0.3) is 5.91 Å². The average Bonchev–Trinajstić information content (AvgIpc) is 2.81. The Balaban J connectivity index is 1.58. The molecule has 1 N–H and O–H groups in total. The monoisotopic (exact) mass is 297 g/mol. The summed E-state index contributed by atoms with van der Waals surface area (Å²) in [4.78, 5) is 12.1. The summed E-state index contributed by atoms with van der Waals surface area (Å²) < 4.78 is 5.74. The minimum atomic E-state index is -0.0140. The molecule has 1 aliphatic carbocycles. The number of carbonyl (C=O) groups is 1. The van der Waals surface area contributed by atoms with E-state index in [2.05, 4.69) is 5.32 Å². The van der Waals surface area contributed by atoms with Crippen LogP contribution in [-0.2, 0) is 4.79 Å². The second kappa shape index (κ2) is 7.30. The summed E-state index contributed by atoms with van der Waals surface area (Å²) in [6.07, 6.45) is 7.21. The van der Waals surface area contributed by atoms with Crippen molar-refractivity contribution >= 4 is 16.7 Å². The number of hydrogen-bond acceptors (Lipinski definition) is 2. The Kier molecular flexibility index (Phi) is 4.94. The number of nitrogens with one attached hydrogen (secondary N) is 1. The van der Waals surface area contributed by atoms with Crippen LogP contribution < -0.4 is 10.1 Å². The summed E-state index contributed by atoms with van der Waals surface area (Å²) in [5.74, 6) is 0.758. The van der Waals surface area contributed by atoms with Crippen LogP contribution in [-0.4, -0.2) is 18.6 Å². The molecule has 1 amide bonds. The molecule has 0 spiro atoms. The summed E-state index contributed by atoms with van der Waals surface area (Å²) in [7, 11) is 0. The van der Waals surface area contributed by atoms with Gasteiger partial charge in [-0.05, 0) is 24.3 Å². The van der Waals surface area contributed by atoms with E-state index in [1.54, 1.807) is 0 Å². The molecule has 0 radical (unpaired) electrons. The van der Waals surface area contributed by atoms with Gasteiger partial charge >= 0.3 is 0 Å². The first-order chi connectivity index (χ1) is 10.8. The third kappa shape index (κ3) is 3.79. The first-order valence-electron chi connectivity index (χ1n) is 8.23. The summed E-state index contributed by atoms with van der Waals surface area (Å²) in [6, 6.07) is 14.3. The van der Waals surface area contributed by atoms with Gasteiger partial charge in [0.1, 0.15) is 5.75 Å². The van der Waals surface area contributed by atoms with Crippen molar-refractivity contribution in [2.75, 3.05) is 6.61 Å². The summed E-state index contributed by atoms with van der Waals surface area (Å²) in [6.45, 7) is 0.0878. The zero-order valence-electron chi connectivity index (χ0n) is 12.9. The molecule has 22 heavy (non-hydrogen) atoms. The largest absolute Gasteiger partial charge is 0.483 e. The fraction of sp³-hybridized carbons (Fsp3) is 0.421. The maximum atomic E-state index is 12.1. The van der Waals surface area contributed by atoms with Crippen molar-refractivity contribution in [1.82, 2.24) is 5.32 Å². The highest BCUT2D eigenvalue weighted by molar-refractivity contribution is 5.88. The fourth-order valence-corrected chi connectivity index (χ4v) is 3.16. The zero-order chi connectivity index (χ0) is 15.2. The van der Waals surface area contributed by atoms with Gasteiger partial charge in [0, 0.05) is 11.4 Å². The highest BCUT2D eigenvalue weighted by Gasteiger charge is 2.15. The molecule has 0 unspecified atom stereocenters. The Morgan fingerprint density at radius 2 is 1.73 bits per heavy atom. The smallest absolute Gasteiger partial charge is 0.258 e. The highest BCUT2D eigenvalue weighted by atomic mass is 16.5. The van der Waals surface area contributed by atoms with E-state index in [0.29, 0.717) is 6.04 Å². The SMILES string of the molecule is O=C(COc1cccc2ccccc12)NC1CCCCCC1. The van der Waals surface area contributed by atoms with Gasteiger partial charge in [-0.3, -0.25) is 4.79 Å². The normalized spacial score (nSPS) is 16.2. The standard InChI is InChI=1S/C19H23NO2/c21-19(20-16-10-3-1-2-4-11-16)14-22-18-13-7-9-15-8-5-6-12-17(15)18/h5-9,12-13,16H,1-4,10-11,14H2,(H,20,21). The second-order valence-corrected chi connectivity index (χ2v) is 6.02. The van der Waals surface area contributed by atoms with E-state index in [0.717, 1.165) is 29.4 Å². The van der Waals surface area contributed by atoms with E-state index in [4.69, 9.17) is 4.74 Å². The minimum absolute atomic E-state index is 0.0140. The van der Waals surface area contributed by atoms with Gasteiger partial charge in [-0.1, -0.05) is 62.1 Å². The van der Waals surface area contributed by atoms with E-state index >= 15 is 0 Å². The molecule has 0 bridgehead atoms. The lowest BCUT2D eigenvalue weighted by molar-refractivity contribution is -0.123. The third-order valence-corrected chi connectivity index (χ3v) is 4.33. The molecular weight excluding hydrogens is 274 g/mol. The van der Waals surface area contributed by atoms with Crippen molar-refractivity contribution in [2.24, 2.45) is 0 Å². The predicted octanol–water partition coefficient (Wildman–Crippen LogP) is 4.06. The van der Waals surface area contributed by atoms with Gasteiger partial charge in [-0.25, -0.2) is 0 Å². The number of fused-ring (bicyclic) bond motifs is 1. The molecule has 2 aromatic rings. The van der Waals surface area contributed by atoms with Crippen LogP contribution in [0.2, 0.25) is 0 Å². The molecule has 1 saturated carbocycles. The summed E-state index contributed by atoms with van der Waals surface area (Å²) in [5.41, 5.74) is 0. The van der Waals surface area contributed by atoms with Crippen molar-refractivity contribution in [1.29, 1.82) is 0 Å². The van der Waals surface area contributed by atoms with Crippen LogP contribution in [0.3, 0.4) is 0 Å². The molecule has 0 heterocycles. The van der Waals surface area contributed by atoms with Gasteiger partial charge in [-0.2, -0.15) is 0 Å². The van der Waals surface area contributed by atoms with E-state index in [9.17, 15) is 4.79 Å². The predicted molar refractivity (Wildman–Crippen MR) is 89.1 cm³/mol. The highest BCUT2D eigenvalue weighted by Crippen LogP contribution is 2.25. The average molecular weight is 297 g/mol. The first kappa shape index (κ1) is 14.9. The van der Waals surface area contributed by atoms with Gasteiger partial charge < -0.3 is 10.1 Å². The lowest BCUT2D eigenvalue weighted by Crippen LogP contribution is -2.37. The molecule has 0 atom stereocenters. The van der Waals surface area contributed by atoms with Crippen LogP contribution in [0.25, 0.3) is 10.8 Å². The molecule has 2 aromatic carbocycles. The fourth-order valence-electron chi connectivity index (χ4n) is 3.16. The van der Waals surface area contributed by atoms with E-state index in [1.807, 2.05) is 42.5 Å². The number of ether oxygens (including phenoxy) is 1. The molecule has 3 rings (SSSR count). The van der Waals surface area contributed by atoms with Crippen LogP contribution in [0.4, 0.5) is 0 Å². The summed E-state index contributed by atoms with van der Waals surface area (Å²) in [5, 5.41) is 5.29. The van der Waals surface area contributed by atoms with Gasteiger partial charge in [-0.15, -0.1) is 0 Å². The number of benzene rings is 2. The molecular formula is C19H23NO2. The second-order valence-electron chi connectivity index (χ2n) is 6.02. The molecule has 116 valence electrons. The minimum Gasteiger partial charge on any atom is -0.483 e. The van der Waals surface area contributed by atoms with E-state index in [1.165, 1.54) is 25.7 Å². The maximum Gasteiger partial charge on any atom is 0.258 e. The van der Waals surface area contributed by atoms with E-state index < -0.39 is 0 Å². The van der Waals surface area contributed by atoms with Crippen LogP contribution in [0.15, 0.2) is 42.5 Å². The molecule has 1 fully saturated rings. The van der Waals surface area contributed by atoms with E-state index in [-0.39, 0.29) is 12.5 Å². The lowest BCUT2D eigenvalue weighted by atomic mass is 10.1. The van der Waals surface area contributed by atoms with Crippen molar-refractivity contribution in [3.63, 3.8) is 0 Å². The molecule has 1 aliphatic rings. The third-order valence-electron chi connectivity index (χ3n) is 4.33. The molecule has 3 nitrogen and oxygen atoms in total. The zero-order valence-corrected chi connectivity index (χ0v) is 12.9. The van der Waals surface area contributed by atoms with Crippen LogP contribution in [0, 0.1) is 0 Å². The van der Waals surface area contributed by atoms with Crippen molar-refractivity contribution in [3.05, 3.63) is 42.5 Å². The Labute approximate surface area is 131 Å². The van der Waals surface area contributed by atoms with Crippen molar-refractivity contribution in [2.45, 2.75) is 44.6 Å². The Morgan fingerprint density at radius 1 is 1.00 bits per heavy atom. The topological polar surface area (TPSA) is 38.3 Å². The Bertz CT molecular complexity index is 625. The molecule has 3 heteroatoms.